The summed E-state index contributed by atoms with van der Waals surface area (Å²) in [6, 6.07) is 10.8. The normalized spacial score (nSPS) is 17.0. The quantitative estimate of drug-likeness (QED) is 0.699. The standard InChI is InChI=1S/C22H26N6/c1-16-15-27(11-12-28(16)21-14-23-9-10-24-21)22-18(3)17(2)20(25-26-22)13-19-7-5-4-6-8-19/h4-10,14,16H,11-13,15H2,1-3H3. The predicted octanol–water partition coefficient (Wildman–Crippen LogP) is 3.19. The average molecular weight is 374 g/mol. The first-order valence-corrected chi connectivity index (χ1v) is 9.77. The molecule has 1 aromatic carbocycles. The molecule has 1 aliphatic rings. The van der Waals surface area contributed by atoms with Crippen LogP contribution in [-0.4, -0.2) is 45.8 Å². The molecule has 1 aliphatic heterocycles. The number of aromatic nitrogens is 4. The Hall–Kier alpha value is -3.02. The smallest absolute Gasteiger partial charge is 0.154 e. The molecule has 1 atom stereocenters. The Morgan fingerprint density at radius 3 is 2.54 bits per heavy atom. The first kappa shape index (κ1) is 18.3. The summed E-state index contributed by atoms with van der Waals surface area (Å²) in [5.74, 6) is 1.94. The van der Waals surface area contributed by atoms with Crippen molar-refractivity contribution in [2.75, 3.05) is 29.4 Å². The molecule has 0 spiro atoms. The van der Waals surface area contributed by atoms with Crippen LogP contribution < -0.4 is 9.80 Å². The van der Waals surface area contributed by atoms with Crippen LogP contribution in [0.25, 0.3) is 0 Å². The maximum atomic E-state index is 4.62. The van der Waals surface area contributed by atoms with Crippen LogP contribution in [0.1, 0.15) is 29.3 Å². The second kappa shape index (κ2) is 7.92. The third-order valence-corrected chi connectivity index (χ3v) is 5.58. The maximum absolute atomic E-state index is 4.62. The fourth-order valence-electron chi connectivity index (χ4n) is 3.83. The first-order chi connectivity index (χ1) is 13.6. The number of anilines is 2. The number of piperazine rings is 1. The summed E-state index contributed by atoms with van der Waals surface area (Å²) < 4.78 is 0. The van der Waals surface area contributed by atoms with Crippen molar-refractivity contribution in [1.82, 2.24) is 20.2 Å². The summed E-state index contributed by atoms with van der Waals surface area (Å²) in [6.07, 6.45) is 6.11. The average Bonchev–Trinajstić information content (AvgIpc) is 2.73. The van der Waals surface area contributed by atoms with E-state index in [-0.39, 0.29) is 0 Å². The largest absolute Gasteiger partial charge is 0.351 e. The lowest BCUT2D eigenvalue weighted by Crippen LogP contribution is -2.53. The zero-order chi connectivity index (χ0) is 19.5. The van der Waals surface area contributed by atoms with Crippen LogP contribution in [-0.2, 0) is 6.42 Å². The van der Waals surface area contributed by atoms with Crippen LogP contribution in [0, 0.1) is 13.8 Å². The highest BCUT2D eigenvalue weighted by molar-refractivity contribution is 5.52. The fourth-order valence-corrected chi connectivity index (χ4v) is 3.83. The van der Waals surface area contributed by atoms with Crippen molar-refractivity contribution in [3.63, 3.8) is 0 Å². The molecule has 1 unspecified atom stereocenters. The van der Waals surface area contributed by atoms with Gasteiger partial charge in [0.1, 0.15) is 5.82 Å². The molecule has 3 heterocycles. The highest BCUT2D eigenvalue weighted by Gasteiger charge is 2.27. The molecule has 1 fully saturated rings. The molecular formula is C22H26N6. The third kappa shape index (κ3) is 3.67. The summed E-state index contributed by atoms with van der Waals surface area (Å²) in [7, 11) is 0. The molecular weight excluding hydrogens is 348 g/mol. The van der Waals surface area contributed by atoms with E-state index in [0.29, 0.717) is 6.04 Å². The second-order valence-corrected chi connectivity index (χ2v) is 7.43. The minimum Gasteiger partial charge on any atom is -0.351 e. The number of rotatable bonds is 4. The number of hydrogen-bond donors (Lipinski definition) is 0. The summed E-state index contributed by atoms with van der Waals surface area (Å²) in [5.41, 5.74) is 4.77. The van der Waals surface area contributed by atoms with Gasteiger partial charge in [-0.1, -0.05) is 30.3 Å². The van der Waals surface area contributed by atoms with E-state index in [0.717, 1.165) is 43.4 Å². The van der Waals surface area contributed by atoms with E-state index in [1.165, 1.54) is 16.7 Å². The summed E-state index contributed by atoms with van der Waals surface area (Å²) in [4.78, 5) is 13.3. The van der Waals surface area contributed by atoms with Gasteiger partial charge in [0, 0.05) is 44.5 Å². The Kier molecular flexibility index (Phi) is 5.19. The van der Waals surface area contributed by atoms with Crippen LogP contribution in [0.15, 0.2) is 48.9 Å². The highest BCUT2D eigenvalue weighted by atomic mass is 15.3. The SMILES string of the molecule is Cc1c(Cc2ccccc2)nnc(N2CCN(c3cnccn3)C(C)C2)c1C. The van der Waals surface area contributed by atoms with Gasteiger partial charge in [-0.15, -0.1) is 5.10 Å². The molecule has 4 rings (SSSR count). The van der Waals surface area contributed by atoms with Crippen molar-refractivity contribution < 1.29 is 0 Å². The highest BCUT2D eigenvalue weighted by Crippen LogP contribution is 2.26. The summed E-state index contributed by atoms with van der Waals surface area (Å²) in [6.45, 7) is 9.22. The van der Waals surface area contributed by atoms with Crippen molar-refractivity contribution in [2.45, 2.75) is 33.2 Å². The van der Waals surface area contributed by atoms with Crippen LogP contribution in [0.4, 0.5) is 11.6 Å². The van der Waals surface area contributed by atoms with Gasteiger partial charge >= 0.3 is 0 Å². The lowest BCUT2D eigenvalue weighted by Gasteiger charge is -2.41. The summed E-state index contributed by atoms with van der Waals surface area (Å²) in [5, 5.41) is 9.20. The van der Waals surface area contributed by atoms with Crippen molar-refractivity contribution >= 4 is 11.6 Å². The van der Waals surface area contributed by atoms with Gasteiger partial charge in [0.15, 0.2) is 5.82 Å². The number of benzene rings is 1. The van der Waals surface area contributed by atoms with E-state index in [1.54, 1.807) is 12.4 Å². The lowest BCUT2D eigenvalue weighted by molar-refractivity contribution is 0.539. The Morgan fingerprint density at radius 2 is 1.82 bits per heavy atom. The van der Waals surface area contributed by atoms with E-state index in [1.807, 2.05) is 12.3 Å². The van der Waals surface area contributed by atoms with E-state index < -0.39 is 0 Å². The van der Waals surface area contributed by atoms with Gasteiger partial charge in [0.05, 0.1) is 11.9 Å². The van der Waals surface area contributed by atoms with Crippen LogP contribution >= 0.6 is 0 Å². The molecule has 3 aromatic rings. The molecule has 2 aromatic heterocycles. The number of hydrogen-bond acceptors (Lipinski definition) is 6. The molecule has 144 valence electrons. The first-order valence-electron chi connectivity index (χ1n) is 9.77. The van der Waals surface area contributed by atoms with Gasteiger partial charge in [-0.2, -0.15) is 5.10 Å². The van der Waals surface area contributed by atoms with Crippen molar-refractivity contribution in [1.29, 1.82) is 0 Å². The van der Waals surface area contributed by atoms with Gasteiger partial charge in [0.2, 0.25) is 0 Å². The van der Waals surface area contributed by atoms with E-state index in [4.69, 9.17) is 0 Å². The van der Waals surface area contributed by atoms with Crippen molar-refractivity contribution in [2.24, 2.45) is 0 Å². The van der Waals surface area contributed by atoms with E-state index in [9.17, 15) is 0 Å². The van der Waals surface area contributed by atoms with Gasteiger partial charge in [-0.25, -0.2) is 4.98 Å². The van der Waals surface area contributed by atoms with Crippen LogP contribution in [0.3, 0.4) is 0 Å². The fraction of sp³-hybridized carbons (Fsp3) is 0.364. The van der Waals surface area contributed by atoms with Crippen molar-refractivity contribution in [3.05, 3.63) is 71.3 Å². The Balaban J connectivity index is 1.51. The van der Waals surface area contributed by atoms with Crippen LogP contribution in [0.5, 0.6) is 0 Å². The molecule has 28 heavy (non-hydrogen) atoms. The molecule has 6 heteroatoms. The maximum Gasteiger partial charge on any atom is 0.154 e. The molecule has 0 amide bonds. The zero-order valence-corrected chi connectivity index (χ0v) is 16.7. The van der Waals surface area contributed by atoms with E-state index in [2.05, 4.69) is 75.0 Å². The van der Waals surface area contributed by atoms with Gasteiger partial charge in [-0.3, -0.25) is 4.98 Å². The predicted molar refractivity (Wildman–Crippen MR) is 112 cm³/mol. The molecule has 1 saturated heterocycles. The van der Waals surface area contributed by atoms with Gasteiger partial charge in [-0.05, 0) is 37.5 Å². The molecule has 0 saturated carbocycles. The molecule has 0 aliphatic carbocycles. The minimum absolute atomic E-state index is 0.330. The number of nitrogens with zero attached hydrogens (tertiary/aromatic N) is 6. The Morgan fingerprint density at radius 1 is 1.00 bits per heavy atom. The minimum atomic E-state index is 0.330. The van der Waals surface area contributed by atoms with E-state index >= 15 is 0 Å². The topological polar surface area (TPSA) is 58.0 Å². The monoisotopic (exact) mass is 374 g/mol. The molecule has 0 bridgehead atoms. The molecule has 0 N–H and O–H groups in total. The van der Waals surface area contributed by atoms with Gasteiger partial charge < -0.3 is 9.80 Å². The molecule has 0 radical (unpaired) electrons. The van der Waals surface area contributed by atoms with Gasteiger partial charge in [0.25, 0.3) is 0 Å². The Labute approximate surface area is 166 Å². The third-order valence-electron chi connectivity index (χ3n) is 5.58. The lowest BCUT2D eigenvalue weighted by atomic mass is 10.0. The molecule has 6 nitrogen and oxygen atoms in total. The zero-order valence-electron chi connectivity index (χ0n) is 16.7. The summed E-state index contributed by atoms with van der Waals surface area (Å²) >= 11 is 0. The second-order valence-electron chi connectivity index (χ2n) is 7.43. The van der Waals surface area contributed by atoms with Crippen molar-refractivity contribution in [3.8, 4) is 0 Å². The Bertz CT molecular complexity index is 929. The van der Waals surface area contributed by atoms with Crippen LogP contribution in [0.2, 0.25) is 0 Å².